The SMILES string of the molecule is N=Nc1c(C(=O)Nc2ccc(S(N)(=O)=O)cc2)c(O)n(-c2ccc(S(N)(=O)=O)cc2)c1O. The van der Waals surface area contributed by atoms with E-state index in [0.717, 1.165) is 28.8 Å². The second kappa shape index (κ2) is 8.04. The van der Waals surface area contributed by atoms with Crippen molar-refractivity contribution in [1.29, 1.82) is 5.53 Å². The minimum atomic E-state index is -3.98. The van der Waals surface area contributed by atoms with Crippen molar-refractivity contribution in [3.8, 4) is 17.4 Å². The van der Waals surface area contributed by atoms with Gasteiger partial charge in [0.15, 0.2) is 5.69 Å². The summed E-state index contributed by atoms with van der Waals surface area (Å²) >= 11 is 0. The highest BCUT2D eigenvalue weighted by Crippen LogP contribution is 2.43. The van der Waals surface area contributed by atoms with Gasteiger partial charge >= 0.3 is 0 Å². The Balaban J connectivity index is 2.01. The van der Waals surface area contributed by atoms with Gasteiger partial charge in [0.25, 0.3) is 5.91 Å². The number of carbonyl (C=O) groups excluding carboxylic acids is 1. The molecular weight excluding hydrogens is 464 g/mol. The molecule has 3 rings (SSSR count). The molecule has 0 atom stereocenters. The molecule has 0 saturated heterocycles. The van der Waals surface area contributed by atoms with Crippen molar-refractivity contribution in [2.75, 3.05) is 5.32 Å². The molecule has 0 spiro atoms. The molecule has 3 aromatic rings. The maximum absolute atomic E-state index is 12.7. The number of nitrogens with one attached hydrogen (secondary N) is 2. The van der Waals surface area contributed by atoms with Crippen LogP contribution in [0.25, 0.3) is 5.69 Å². The predicted octanol–water partition coefficient (Wildman–Crippen LogP) is 1.10. The fourth-order valence-electron chi connectivity index (χ4n) is 2.80. The van der Waals surface area contributed by atoms with Gasteiger partial charge in [0, 0.05) is 5.69 Å². The van der Waals surface area contributed by atoms with E-state index in [0.29, 0.717) is 0 Å². The highest BCUT2D eigenvalue weighted by molar-refractivity contribution is 7.89. The Morgan fingerprint density at radius 1 is 0.875 bits per heavy atom. The van der Waals surface area contributed by atoms with Gasteiger partial charge in [-0.25, -0.2) is 37.2 Å². The zero-order valence-electron chi connectivity index (χ0n) is 15.9. The lowest BCUT2D eigenvalue weighted by Gasteiger charge is -2.08. The highest BCUT2D eigenvalue weighted by atomic mass is 32.2. The second-order valence-electron chi connectivity index (χ2n) is 6.38. The van der Waals surface area contributed by atoms with Crippen LogP contribution in [0.1, 0.15) is 10.4 Å². The topological polar surface area (TPSA) is 231 Å². The maximum atomic E-state index is 12.7. The van der Waals surface area contributed by atoms with Gasteiger partial charge in [-0.15, -0.1) is 0 Å². The number of nitrogens with zero attached hydrogens (tertiary/aromatic N) is 2. The summed E-state index contributed by atoms with van der Waals surface area (Å²) in [5.41, 5.74) is 6.33. The molecular formula is C17H16N6O7S2. The normalized spacial score (nSPS) is 11.8. The Kier molecular flexibility index (Phi) is 5.75. The molecule has 1 amide bonds. The van der Waals surface area contributed by atoms with E-state index in [1.807, 2.05) is 0 Å². The van der Waals surface area contributed by atoms with E-state index in [9.17, 15) is 31.8 Å². The lowest BCUT2D eigenvalue weighted by Crippen LogP contribution is -2.14. The largest absolute Gasteiger partial charge is 0.494 e. The molecule has 0 fully saturated rings. The molecule has 168 valence electrons. The molecule has 1 heterocycles. The first-order valence-electron chi connectivity index (χ1n) is 8.46. The van der Waals surface area contributed by atoms with Crippen LogP contribution in [-0.2, 0) is 20.0 Å². The number of aromatic nitrogens is 1. The third-order valence-corrected chi connectivity index (χ3v) is 6.16. The molecule has 0 bridgehead atoms. The van der Waals surface area contributed by atoms with Crippen molar-refractivity contribution in [1.82, 2.24) is 4.57 Å². The third-order valence-electron chi connectivity index (χ3n) is 4.30. The van der Waals surface area contributed by atoms with Crippen molar-refractivity contribution in [3.05, 3.63) is 54.1 Å². The van der Waals surface area contributed by atoms with Gasteiger partial charge in [-0.2, -0.15) is 5.11 Å². The summed E-state index contributed by atoms with van der Waals surface area (Å²) in [6, 6.07) is 9.44. The van der Waals surface area contributed by atoms with Crippen molar-refractivity contribution >= 4 is 37.3 Å². The van der Waals surface area contributed by atoms with Crippen LogP contribution in [0.15, 0.2) is 63.4 Å². The molecule has 0 aliphatic heterocycles. The van der Waals surface area contributed by atoms with E-state index in [2.05, 4.69) is 10.4 Å². The summed E-state index contributed by atoms with van der Waals surface area (Å²) in [6.07, 6.45) is 0. The zero-order valence-corrected chi connectivity index (χ0v) is 17.6. The minimum absolute atomic E-state index is 0.0499. The van der Waals surface area contributed by atoms with Crippen molar-refractivity contribution in [2.45, 2.75) is 9.79 Å². The number of carbonyl (C=O) groups is 1. The van der Waals surface area contributed by atoms with Gasteiger partial charge in [-0.3, -0.25) is 4.79 Å². The standard InChI is InChI=1S/C17H16N6O7S2/c18-22-14-13(15(24)21-9-1-5-11(6-2-9)31(19,27)28)16(25)23(17(14)26)10-3-7-12(8-4-10)32(20,29)30/h1-8,18,25-26H,(H,21,24)(H2,19,27,28)(H2,20,29,30). The lowest BCUT2D eigenvalue weighted by atomic mass is 10.2. The Bertz CT molecular complexity index is 1430. The van der Waals surface area contributed by atoms with Gasteiger partial charge < -0.3 is 15.5 Å². The van der Waals surface area contributed by atoms with Crippen molar-refractivity contribution in [2.24, 2.45) is 15.4 Å². The first-order valence-corrected chi connectivity index (χ1v) is 11.6. The van der Waals surface area contributed by atoms with E-state index in [1.165, 1.54) is 24.3 Å². The maximum Gasteiger partial charge on any atom is 0.263 e. The van der Waals surface area contributed by atoms with E-state index < -0.39 is 49.0 Å². The van der Waals surface area contributed by atoms with Crippen LogP contribution >= 0.6 is 0 Å². The zero-order chi connectivity index (χ0) is 23.8. The first-order chi connectivity index (χ1) is 14.8. The quantitative estimate of drug-likeness (QED) is 0.281. The smallest absolute Gasteiger partial charge is 0.263 e. The molecule has 2 aromatic carbocycles. The average molecular weight is 480 g/mol. The number of amides is 1. The summed E-state index contributed by atoms with van der Waals surface area (Å²) in [5, 5.41) is 36.5. The fourth-order valence-corrected chi connectivity index (χ4v) is 3.83. The monoisotopic (exact) mass is 480 g/mol. The summed E-state index contributed by atoms with van der Waals surface area (Å²) in [5.74, 6) is -2.50. The van der Waals surface area contributed by atoms with Crippen LogP contribution < -0.4 is 15.6 Å². The Labute approximate surface area is 181 Å². The molecule has 32 heavy (non-hydrogen) atoms. The van der Waals surface area contributed by atoms with Gasteiger partial charge in [0.1, 0.15) is 5.56 Å². The number of anilines is 1. The first kappa shape index (κ1) is 22.9. The predicted molar refractivity (Wildman–Crippen MR) is 111 cm³/mol. The van der Waals surface area contributed by atoms with Crippen LogP contribution in [0, 0.1) is 5.53 Å². The number of aromatic hydroxyl groups is 2. The van der Waals surface area contributed by atoms with E-state index >= 15 is 0 Å². The summed E-state index contributed by atoms with van der Waals surface area (Å²) in [4.78, 5) is 12.3. The minimum Gasteiger partial charge on any atom is -0.494 e. The summed E-state index contributed by atoms with van der Waals surface area (Å²) in [6.45, 7) is 0. The average Bonchev–Trinajstić information content (AvgIpc) is 2.96. The molecule has 15 heteroatoms. The van der Waals surface area contributed by atoms with E-state index in [4.69, 9.17) is 15.8 Å². The van der Waals surface area contributed by atoms with Crippen molar-refractivity contribution < 1.29 is 31.8 Å². The lowest BCUT2D eigenvalue weighted by molar-refractivity contribution is 0.102. The molecule has 8 N–H and O–H groups in total. The second-order valence-corrected chi connectivity index (χ2v) is 9.50. The molecule has 0 radical (unpaired) electrons. The molecule has 0 aliphatic carbocycles. The number of sulfonamides is 2. The fraction of sp³-hybridized carbons (Fsp3) is 0. The Morgan fingerprint density at radius 2 is 1.34 bits per heavy atom. The number of hydrogen-bond donors (Lipinski definition) is 6. The van der Waals surface area contributed by atoms with Gasteiger partial charge in [0.2, 0.25) is 31.8 Å². The third kappa shape index (κ3) is 4.30. The van der Waals surface area contributed by atoms with Gasteiger partial charge in [0.05, 0.1) is 15.5 Å². The number of hydrogen-bond acceptors (Lipinski definition) is 9. The van der Waals surface area contributed by atoms with Crippen LogP contribution in [0.5, 0.6) is 11.8 Å². The van der Waals surface area contributed by atoms with Crippen LogP contribution in [0.3, 0.4) is 0 Å². The highest BCUT2D eigenvalue weighted by Gasteiger charge is 2.29. The van der Waals surface area contributed by atoms with Gasteiger partial charge in [-0.05, 0) is 48.5 Å². The van der Waals surface area contributed by atoms with Crippen LogP contribution in [0.4, 0.5) is 11.4 Å². The number of rotatable bonds is 6. The van der Waals surface area contributed by atoms with E-state index in [1.54, 1.807) is 0 Å². The van der Waals surface area contributed by atoms with Crippen LogP contribution in [0.2, 0.25) is 0 Å². The summed E-state index contributed by atoms with van der Waals surface area (Å²) in [7, 11) is -7.92. The molecule has 0 unspecified atom stereocenters. The number of nitrogens with two attached hydrogens (primary N) is 2. The Morgan fingerprint density at radius 3 is 1.78 bits per heavy atom. The van der Waals surface area contributed by atoms with E-state index in [-0.39, 0.29) is 21.2 Å². The number of benzene rings is 2. The number of primary sulfonamides is 2. The summed E-state index contributed by atoms with van der Waals surface area (Å²) < 4.78 is 46.2. The molecule has 1 aromatic heterocycles. The Hall–Kier alpha value is -3.79. The van der Waals surface area contributed by atoms with Crippen LogP contribution in [-0.4, -0.2) is 37.5 Å². The van der Waals surface area contributed by atoms with Gasteiger partial charge in [-0.1, -0.05) is 0 Å². The molecule has 0 saturated carbocycles. The molecule has 0 aliphatic rings. The van der Waals surface area contributed by atoms with Crippen molar-refractivity contribution in [3.63, 3.8) is 0 Å². The molecule has 13 nitrogen and oxygen atoms in total.